The summed E-state index contributed by atoms with van der Waals surface area (Å²) in [5.41, 5.74) is -0.132. The molecule has 0 fully saturated rings. The van der Waals surface area contributed by atoms with E-state index in [2.05, 4.69) is 0 Å². The Balaban J connectivity index is 2.79. The van der Waals surface area contributed by atoms with Gasteiger partial charge in [0.15, 0.2) is 24.0 Å². The Morgan fingerprint density at radius 2 is 1.89 bits per heavy atom. The molecule has 0 N–H and O–H groups in total. The number of amides is 1. The van der Waals surface area contributed by atoms with E-state index in [1.54, 1.807) is 20.9 Å². The molecule has 1 aromatic carbocycles. The van der Waals surface area contributed by atoms with Crippen LogP contribution in [0.3, 0.4) is 0 Å². The normalized spacial score (nSPS) is 10.4. The monoisotopic (exact) mass is 271 g/mol. The number of rotatable bonds is 5. The highest BCUT2D eigenvalue weighted by molar-refractivity contribution is 5.78. The number of aldehydes is 1. The molecular formula is C13H15F2NO3. The van der Waals surface area contributed by atoms with Crippen molar-refractivity contribution in [2.24, 2.45) is 0 Å². The average Bonchev–Trinajstić information content (AvgIpc) is 2.35. The lowest BCUT2D eigenvalue weighted by atomic mass is 10.2. The van der Waals surface area contributed by atoms with Crippen molar-refractivity contribution < 1.29 is 23.1 Å². The molecule has 4 nitrogen and oxygen atoms in total. The van der Waals surface area contributed by atoms with Crippen LogP contribution in [0.2, 0.25) is 0 Å². The van der Waals surface area contributed by atoms with Gasteiger partial charge in [0, 0.05) is 18.7 Å². The molecule has 0 aliphatic carbocycles. The first kappa shape index (κ1) is 15.1. The number of hydrogen-bond donors (Lipinski definition) is 0. The smallest absolute Gasteiger partial charge is 0.260 e. The zero-order valence-corrected chi connectivity index (χ0v) is 10.9. The molecule has 0 saturated carbocycles. The summed E-state index contributed by atoms with van der Waals surface area (Å²) in [6.07, 6.45) is 0.327. The predicted octanol–water partition coefficient (Wildman–Crippen LogP) is 2.02. The first-order valence-corrected chi connectivity index (χ1v) is 5.69. The van der Waals surface area contributed by atoms with Gasteiger partial charge in [-0.3, -0.25) is 9.59 Å². The molecule has 19 heavy (non-hydrogen) atoms. The van der Waals surface area contributed by atoms with E-state index in [4.69, 9.17) is 4.74 Å². The Morgan fingerprint density at radius 1 is 1.37 bits per heavy atom. The van der Waals surface area contributed by atoms with Crippen molar-refractivity contribution in [3.8, 4) is 5.75 Å². The fourth-order valence-electron chi connectivity index (χ4n) is 1.31. The minimum Gasteiger partial charge on any atom is -0.478 e. The maximum Gasteiger partial charge on any atom is 0.260 e. The second-order valence-electron chi connectivity index (χ2n) is 4.32. The molecule has 0 unspecified atom stereocenters. The molecule has 1 aromatic rings. The largest absolute Gasteiger partial charge is 0.478 e. The summed E-state index contributed by atoms with van der Waals surface area (Å²) in [5.74, 6) is -3.08. The Hall–Kier alpha value is -1.98. The van der Waals surface area contributed by atoms with Crippen LogP contribution < -0.4 is 4.74 Å². The molecule has 0 aliphatic rings. The summed E-state index contributed by atoms with van der Waals surface area (Å²) < 4.78 is 31.8. The van der Waals surface area contributed by atoms with Crippen molar-refractivity contribution >= 4 is 12.2 Å². The molecule has 104 valence electrons. The maximum atomic E-state index is 13.5. The number of halogens is 2. The topological polar surface area (TPSA) is 46.6 Å². The van der Waals surface area contributed by atoms with Crippen LogP contribution in [0.1, 0.15) is 24.2 Å². The molecule has 1 amide bonds. The third-order valence-corrected chi connectivity index (χ3v) is 2.66. The summed E-state index contributed by atoms with van der Waals surface area (Å²) in [4.78, 5) is 23.4. The van der Waals surface area contributed by atoms with Crippen molar-refractivity contribution in [3.63, 3.8) is 0 Å². The quantitative estimate of drug-likeness (QED) is 0.770. The number of carbonyl (C=O) groups is 2. The van der Waals surface area contributed by atoms with Crippen molar-refractivity contribution in [1.29, 1.82) is 0 Å². The van der Waals surface area contributed by atoms with Crippen LogP contribution in [0, 0.1) is 11.6 Å². The molecule has 0 aromatic heterocycles. The molecule has 0 atom stereocenters. The van der Waals surface area contributed by atoms with E-state index in [0.717, 1.165) is 12.1 Å². The Labute approximate surface area is 110 Å². The van der Waals surface area contributed by atoms with E-state index in [9.17, 15) is 18.4 Å². The van der Waals surface area contributed by atoms with E-state index >= 15 is 0 Å². The molecular weight excluding hydrogens is 256 g/mol. The van der Waals surface area contributed by atoms with Crippen molar-refractivity contribution in [1.82, 2.24) is 4.90 Å². The number of ether oxygens (including phenoxy) is 1. The van der Waals surface area contributed by atoms with Crippen LogP contribution in [0.25, 0.3) is 0 Å². The van der Waals surface area contributed by atoms with Gasteiger partial charge in [-0.25, -0.2) is 8.78 Å². The molecule has 6 heteroatoms. The van der Waals surface area contributed by atoms with Crippen molar-refractivity contribution in [2.75, 3.05) is 13.7 Å². The molecule has 1 rings (SSSR count). The second kappa shape index (κ2) is 6.26. The zero-order valence-electron chi connectivity index (χ0n) is 10.9. The fourth-order valence-corrected chi connectivity index (χ4v) is 1.31. The predicted molar refractivity (Wildman–Crippen MR) is 65.1 cm³/mol. The van der Waals surface area contributed by atoms with Crippen LogP contribution >= 0.6 is 0 Å². The van der Waals surface area contributed by atoms with Gasteiger partial charge >= 0.3 is 0 Å². The summed E-state index contributed by atoms with van der Waals surface area (Å²) >= 11 is 0. The summed E-state index contributed by atoms with van der Waals surface area (Å²) in [7, 11) is 1.57. The molecule has 0 saturated heterocycles. The molecule has 0 radical (unpaired) electrons. The van der Waals surface area contributed by atoms with Crippen LogP contribution in [0.5, 0.6) is 5.75 Å². The van der Waals surface area contributed by atoms with Gasteiger partial charge < -0.3 is 9.64 Å². The van der Waals surface area contributed by atoms with E-state index in [1.165, 1.54) is 4.90 Å². The highest BCUT2D eigenvalue weighted by Crippen LogP contribution is 2.22. The molecule has 0 bridgehead atoms. The first-order valence-electron chi connectivity index (χ1n) is 5.69. The minimum absolute atomic E-state index is 0.0387. The number of likely N-dealkylation sites (N-methyl/N-ethyl adjacent to an activating group) is 1. The van der Waals surface area contributed by atoms with Gasteiger partial charge in [-0.15, -0.1) is 0 Å². The number of nitrogens with zero attached hydrogens (tertiary/aromatic N) is 1. The molecule has 0 heterocycles. The van der Waals surface area contributed by atoms with E-state index in [-0.39, 0.29) is 11.6 Å². The van der Waals surface area contributed by atoms with E-state index in [0.29, 0.717) is 6.29 Å². The van der Waals surface area contributed by atoms with Crippen LogP contribution in [-0.4, -0.2) is 36.8 Å². The molecule has 0 aliphatic heterocycles. The van der Waals surface area contributed by atoms with Gasteiger partial charge in [0.25, 0.3) is 5.91 Å². The van der Waals surface area contributed by atoms with E-state index in [1.807, 2.05) is 0 Å². The number of hydrogen-bond acceptors (Lipinski definition) is 3. The van der Waals surface area contributed by atoms with E-state index < -0.39 is 29.9 Å². The lowest BCUT2D eigenvalue weighted by molar-refractivity contribution is -0.133. The fraction of sp³-hybridized carbons (Fsp3) is 0.385. The SMILES string of the molecule is CC(C)N(C)C(=O)COc1c(F)cc(C=O)cc1F. The van der Waals surface area contributed by atoms with Crippen LogP contribution in [-0.2, 0) is 4.79 Å². The van der Waals surface area contributed by atoms with Crippen LogP contribution in [0.15, 0.2) is 12.1 Å². The second-order valence-corrected chi connectivity index (χ2v) is 4.32. The standard InChI is InChI=1S/C13H15F2NO3/c1-8(2)16(3)12(18)7-19-13-10(14)4-9(6-17)5-11(13)15/h4-6,8H,7H2,1-3H3. The summed E-state index contributed by atoms with van der Waals surface area (Å²) in [5, 5.41) is 0. The third kappa shape index (κ3) is 3.74. The highest BCUT2D eigenvalue weighted by atomic mass is 19.1. The number of benzene rings is 1. The van der Waals surface area contributed by atoms with Gasteiger partial charge in [0.05, 0.1) is 0 Å². The van der Waals surface area contributed by atoms with Crippen molar-refractivity contribution in [2.45, 2.75) is 19.9 Å². The van der Waals surface area contributed by atoms with Crippen LogP contribution in [0.4, 0.5) is 8.78 Å². The number of carbonyl (C=O) groups excluding carboxylic acids is 2. The minimum atomic E-state index is -1.01. The van der Waals surface area contributed by atoms with Gasteiger partial charge in [-0.05, 0) is 26.0 Å². The maximum absolute atomic E-state index is 13.5. The van der Waals surface area contributed by atoms with Gasteiger partial charge in [-0.2, -0.15) is 0 Å². The molecule has 0 spiro atoms. The summed E-state index contributed by atoms with van der Waals surface area (Å²) in [6.45, 7) is 3.14. The Morgan fingerprint density at radius 3 is 2.32 bits per heavy atom. The highest BCUT2D eigenvalue weighted by Gasteiger charge is 2.17. The lowest BCUT2D eigenvalue weighted by Crippen LogP contribution is -2.36. The van der Waals surface area contributed by atoms with Gasteiger partial charge in [-0.1, -0.05) is 0 Å². The van der Waals surface area contributed by atoms with Gasteiger partial charge in [0.2, 0.25) is 0 Å². The Kier molecular flexibility index (Phi) is 4.97. The third-order valence-electron chi connectivity index (χ3n) is 2.66. The Bertz CT molecular complexity index is 466. The lowest BCUT2D eigenvalue weighted by Gasteiger charge is -2.21. The zero-order chi connectivity index (χ0) is 14.6. The average molecular weight is 271 g/mol. The summed E-state index contributed by atoms with van der Waals surface area (Å²) in [6, 6.07) is 1.66. The van der Waals surface area contributed by atoms with Crippen molar-refractivity contribution in [3.05, 3.63) is 29.3 Å². The van der Waals surface area contributed by atoms with Gasteiger partial charge in [0.1, 0.15) is 6.29 Å². The first-order chi connectivity index (χ1) is 8.86.